The van der Waals surface area contributed by atoms with Gasteiger partial charge in [-0.05, 0) is 91.4 Å². The van der Waals surface area contributed by atoms with Gasteiger partial charge in [-0.1, -0.05) is 24.3 Å². The third-order valence-corrected chi connectivity index (χ3v) is 6.90. The van der Waals surface area contributed by atoms with Gasteiger partial charge in [0.1, 0.15) is 6.04 Å². The Morgan fingerprint density at radius 2 is 1.29 bits per heavy atom. The molecule has 256 valence electrons. The van der Waals surface area contributed by atoms with E-state index < -0.39 is 24.0 Å². The van der Waals surface area contributed by atoms with E-state index in [1.54, 1.807) is 16.7 Å². The van der Waals surface area contributed by atoms with E-state index in [2.05, 4.69) is 22.5 Å². The quantitative estimate of drug-likeness (QED) is 0.0337. The zero-order valence-corrected chi connectivity index (χ0v) is 30.3. The van der Waals surface area contributed by atoms with Gasteiger partial charge in [0.05, 0.1) is 12.5 Å². The number of rotatable bonds is 26. The van der Waals surface area contributed by atoms with E-state index in [4.69, 9.17) is 15.3 Å². The van der Waals surface area contributed by atoms with Gasteiger partial charge in [-0.3, -0.25) is 19.4 Å². The SMILES string of the molecule is C/C=C/CCCCC(=O)NCCN(CCCO)C(C)C(=O)O.C/C=C/CCCCC([O-])=NCCN(CCCO)C(C)C(=O)[O-].[Ca+2]. The number of carbonyl (C=O) groups is 3. The third kappa shape index (κ3) is 29.6. The molecule has 0 saturated heterocycles. The molecule has 0 spiro atoms. The number of aliphatic hydroxyl groups excluding tert-OH is 2. The van der Waals surface area contributed by atoms with Crippen LogP contribution < -0.4 is 15.5 Å². The molecule has 0 fully saturated rings. The fourth-order valence-electron chi connectivity index (χ4n) is 4.08. The maximum atomic E-state index is 11.7. The minimum atomic E-state index is -1.16. The van der Waals surface area contributed by atoms with Crippen molar-refractivity contribution in [2.24, 2.45) is 4.99 Å². The number of aliphatic imine (C=N–C) groups is 1. The molecular weight excluding hydrogens is 608 g/mol. The second-order valence-electron chi connectivity index (χ2n) is 10.5. The number of hydrogen-bond acceptors (Lipinski definition) is 10. The molecule has 0 aliphatic heterocycles. The maximum Gasteiger partial charge on any atom is 2.00 e. The van der Waals surface area contributed by atoms with Crippen LogP contribution in [0.15, 0.2) is 29.3 Å². The van der Waals surface area contributed by atoms with Crippen molar-refractivity contribution in [3.63, 3.8) is 0 Å². The van der Waals surface area contributed by atoms with Crippen molar-refractivity contribution in [1.82, 2.24) is 15.1 Å². The van der Waals surface area contributed by atoms with Gasteiger partial charge in [-0.2, -0.15) is 0 Å². The van der Waals surface area contributed by atoms with Crippen molar-refractivity contribution < 1.29 is 39.9 Å². The summed E-state index contributed by atoms with van der Waals surface area (Å²) in [7, 11) is 0. The molecule has 1 amide bonds. The van der Waals surface area contributed by atoms with Gasteiger partial charge < -0.3 is 40.6 Å². The molecule has 0 aromatic carbocycles. The maximum absolute atomic E-state index is 11.7. The summed E-state index contributed by atoms with van der Waals surface area (Å²) >= 11 is 0. The van der Waals surface area contributed by atoms with Crippen molar-refractivity contribution in [2.75, 3.05) is 52.5 Å². The summed E-state index contributed by atoms with van der Waals surface area (Å²) in [4.78, 5) is 41.0. The molecule has 0 aromatic heterocycles. The Labute approximate surface area is 300 Å². The number of allylic oxidation sites excluding steroid dienone is 4. The summed E-state index contributed by atoms with van der Waals surface area (Å²) in [6.45, 7) is 9.62. The van der Waals surface area contributed by atoms with Crippen LogP contribution in [-0.2, 0) is 14.4 Å². The summed E-state index contributed by atoms with van der Waals surface area (Å²) in [5.74, 6) is -2.18. The van der Waals surface area contributed by atoms with Crippen molar-refractivity contribution in [3.8, 4) is 0 Å². The van der Waals surface area contributed by atoms with Crippen molar-refractivity contribution in [1.29, 1.82) is 0 Å². The van der Waals surface area contributed by atoms with Crippen LogP contribution in [0, 0.1) is 0 Å². The van der Waals surface area contributed by atoms with E-state index in [1.165, 1.54) is 6.92 Å². The van der Waals surface area contributed by atoms with Crippen LogP contribution in [0.4, 0.5) is 0 Å². The Morgan fingerprint density at radius 1 is 0.778 bits per heavy atom. The standard InChI is InChI=1S/2C16H30N2O4.Ca/c2*1-3-4-5-6-7-9-15(20)17-10-12-18(11-8-13-19)14(2)16(21)22;/h2*3-4,14,19H,5-13H2,1-2H3,(H,17,20)(H,21,22);/q;;+2/p-2/b2*4-3+;. The Hall–Kier alpha value is -1.54. The van der Waals surface area contributed by atoms with Gasteiger partial charge in [0, 0.05) is 58.4 Å². The molecule has 45 heavy (non-hydrogen) atoms. The molecule has 0 saturated carbocycles. The fourth-order valence-corrected chi connectivity index (χ4v) is 4.08. The van der Waals surface area contributed by atoms with E-state index in [1.807, 2.05) is 26.0 Å². The molecule has 2 atom stereocenters. The number of hydrogen-bond donors (Lipinski definition) is 4. The summed E-state index contributed by atoms with van der Waals surface area (Å²) in [5.41, 5.74) is 0. The number of aliphatic carboxylic acids is 2. The second-order valence-corrected chi connectivity index (χ2v) is 10.5. The van der Waals surface area contributed by atoms with E-state index in [9.17, 15) is 24.6 Å². The van der Waals surface area contributed by atoms with E-state index in [-0.39, 0.29) is 69.3 Å². The van der Waals surface area contributed by atoms with E-state index in [0.29, 0.717) is 58.4 Å². The van der Waals surface area contributed by atoms with Crippen LogP contribution in [0.3, 0.4) is 0 Å². The smallest absolute Gasteiger partial charge is 0.862 e. The van der Waals surface area contributed by atoms with Crippen LogP contribution >= 0.6 is 0 Å². The summed E-state index contributed by atoms with van der Waals surface area (Å²) < 4.78 is 0. The molecule has 13 heteroatoms. The Bertz CT molecular complexity index is 842. The first-order valence-electron chi connectivity index (χ1n) is 15.9. The average molecular weight is 667 g/mol. The fraction of sp³-hybridized carbons (Fsp3) is 0.750. The summed E-state index contributed by atoms with van der Waals surface area (Å²) in [6.07, 6.45) is 15.7. The monoisotopic (exact) mass is 666 g/mol. The zero-order valence-electron chi connectivity index (χ0n) is 28.1. The van der Waals surface area contributed by atoms with Crippen molar-refractivity contribution >= 4 is 61.5 Å². The first-order valence-corrected chi connectivity index (χ1v) is 15.9. The number of carboxylic acid groups (broad SMARTS) is 2. The molecule has 12 nitrogen and oxygen atoms in total. The number of carbonyl (C=O) groups excluding carboxylic acids is 2. The molecule has 0 aliphatic rings. The molecular formula is C32H58CaN4O8. The van der Waals surface area contributed by atoms with Crippen molar-refractivity contribution in [3.05, 3.63) is 24.3 Å². The number of unbranched alkanes of at least 4 members (excludes halogenated alkanes) is 4. The molecule has 0 aliphatic carbocycles. The predicted octanol–water partition coefficient (Wildman–Crippen LogP) is 0.720. The van der Waals surface area contributed by atoms with Crippen LogP contribution in [0.2, 0.25) is 0 Å². The number of nitrogens with zero attached hydrogens (tertiary/aromatic N) is 3. The summed E-state index contributed by atoms with van der Waals surface area (Å²) in [5, 5.41) is 52.1. The summed E-state index contributed by atoms with van der Waals surface area (Å²) in [6, 6.07) is -1.37. The Kier molecular flexibility index (Phi) is 36.0. The predicted molar refractivity (Wildman–Crippen MR) is 176 cm³/mol. The Morgan fingerprint density at radius 3 is 1.76 bits per heavy atom. The van der Waals surface area contributed by atoms with Crippen LogP contribution in [0.25, 0.3) is 0 Å². The topological polar surface area (TPSA) is 189 Å². The largest absolute Gasteiger partial charge is 2.00 e. The zero-order chi connectivity index (χ0) is 33.6. The molecule has 0 radical (unpaired) electrons. The van der Waals surface area contributed by atoms with E-state index >= 15 is 0 Å². The normalized spacial score (nSPS) is 13.0. The van der Waals surface area contributed by atoms with Crippen LogP contribution in [0.5, 0.6) is 0 Å². The number of amides is 1. The minimum Gasteiger partial charge on any atom is -0.862 e. The van der Waals surface area contributed by atoms with E-state index in [0.717, 1.165) is 38.5 Å². The van der Waals surface area contributed by atoms with Crippen molar-refractivity contribution in [2.45, 2.75) is 104 Å². The molecule has 2 unspecified atom stereocenters. The van der Waals surface area contributed by atoms with Gasteiger partial charge in [-0.15, -0.1) is 0 Å². The molecule has 0 rings (SSSR count). The van der Waals surface area contributed by atoms with Gasteiger partial charge in [-0.25, -0.2) is 0 Å². The van der Waals surface area contributed by atoms with Gasteiger partial charge in [0.25, 0.3) is 0 Å². The third-order valence-electron chi connectivity index (χ3n) is 6.90. The molecule has 0 bridgehead atoms. The Balaban J connectivity index is -0.000000767. The van der Waals surface area contributed by atoms with Gasteiger partial charge in [0.2, 0.25) is 5.91 Å². The average Bonchev–Trinajstić information content (AvgIpc) is 2.99. The van der Waals surface area contributed by atoms with Gasteiger partial charge >= 0.3 is 43.7 Å². The number of aliphatic hydroxyl groups is 2. The second kappa shape index (κ2) is 33.8. The van der Waals surface area contributed by atoms with Gasteiger partial charge in [0.15, 0.2) is 0 Å². The van der Waals surface area contributed by atoms with Crippen LogP contribution in [-0.4, -0.2) is 151 Å². The first kappa shape index (κ1) is 47.9. The molecule has 0 heterocycles. The molecule has 0 aromatic rings. The first-order chi connectivity index (χ1) is 21.0. The number of carboxylic acids is 2. The minimum absolute atomic E-state index is 0. The van der Waals surface area contributed by atoms with Crippen LogP contribution in [0.1, 0.15) is 91.9 Å². The number of nitrogens with one attached hydrogen (secondary N) is 1. The molecule has 4 N–H and O–H groups in total.